The highest BCUT2D eigenvalue weighted by atomic mass is 16.5. The molecule has 17 heavy (non-hydrogen) atoms. The number of nitrogens with two attached hydrogens (primary N) is 1. The summed E-state index contributed by atoms with van der Waals surface area (Å²) in [6.07, 6.45) is 1.55. The second-order valence-electron chi connectivity index (χ2n) is 4.08. The van der Waals surface area contributed by atoms with Crippen LogP contribution >= 0.6 is 0 Å². The zero-order valence-corrected chi connectivity index (χ0v) is 10.3. The number of aliphatic hydroxyl groups excluding tert-OH is 1. The molecule has 0 heterocycles. The van der Waals surface area contributed by atoms with Crippen molar-refractivity contribution in [2.45, 2.75) is 26.7 Å². The van der Waals surface area contributed by atoms with Crippen LogP contribution in [-0.2, 0) is 0 Å². The van der Waals surface area contributed by atoms with Gasteiger partial charge in [0.25, 0.3) is 0 Å². The van der Waals surface area contributed by atoms with Crippen LogP contribution in [0.5, 0.6) is 5.75 Å². The predicted octanol–water partition coefficient (Wildman–Crippen LogP) is 1.55. The average Bonchev–Trinajstić information content (AvgIpc) is 2.23. The molecule has 0 radical (unpaired) electrons. The molecule has 94 valence electrons. The summed E-state index contributed by atoms with van der Waals surface area (Å²) in [5.74, 6) is 0.328. The Hall–Kier alpha value is -1.55. The third kappa shape index (κ3) is 3.75. The van der Waals surface area contributed by atoms with Crippen LogP contribution in [0.3, 0.4) is 0 Å². The molecule has 0 unspecified atom stereocenters. The van der Waals surface area contributed by atoms with Crippen molar-refractivity contribution in [3.63, 3.8) is 0 Å². The zero-order chi connectivity index (χ0) is 12.8. The van der Waals surface area contributed by atoms with Gasteiger partial charge in [0, 0.05) is 12.2 Å². The smallest absolute Gasteiger partial charge is 0.249 e. The quantitative estimate of drug-likeness (QED) is 0.737. The molecule has 1 rings (SSSR count). The van der Waals surface area contributed by atoms with Gasteiger partial charge in [0.15, 0.2) is 0 Å². The number of primary amides is 1. The van der Waals surface area contributed by atoms with Crippen LogP contribution in [0.2, 0.25) is 0 Å². The molecule has 1 aromatic carbocycles. The molecule has 0 atom stereocenters. The number of aliphatic hydroxyl groups is 1. The highest BCUT2D eigenvalue weighted by molar-refractivity contribution is 5.96. The van der Waals surface area contributed by atoms with Crippen molar-refractivity contribution in [3.8, 4) is 5.75 Å². The molecule has 0 saturated heterocycles. The van der Waals surface area contributed by atoms with Crippen molar-refractivity contribution >= 4 is 5.91 Å². The molecule has 0 aromatic heterocycles. The molecule has 0 aliphatic carbocycles. The van der Waals surface area contributed by atoms with Gasteiger partial charge in [-0.05, 0) is 49.9 Å². The summed E-state index contributed by atoms with van der Waals surface area (Å²) in [5, 5.41) is 8.64. The highest BCUT2D eigenvalue weighted by Gasteiger charge is 2.10. The van der Waals surface area contributed by atoms with E-state index >= 15 is 0 Å². The number of carbonyl (C=O) groups excluding carboxylic acids is 1. The lowest BCUT2D eigenvalue weighted by Gasteiger charge is -2.11. The minimum absolute atomic E-state index is 0.183. The first-order valence-corrected chi connectivity index (χ1v) is 5.71. The van der Waals surface area contributed by atoms with Gasteiger partial charge in [-0.1, -0.05) is 0 Å². The van der Waals surface area contributed by atoms with Crippen LogP contribution in [-0.4, -0.2) is 24.2 Å². The standard InChI is InChI=1S/C13H19NO3/c1-9-7-11(17-6-4-3-5-15)8-10(2)12(9)13(14)16/h7-8,15H,3-6H2,1-2H3,(H2,14,16). The number of benzene rings is 1. The topological polar surface area (TPSA) is 72.6 Å². The van der Waals surface area contributed by atoms with Crippen LogP contribution in [0.25, 0.3) is 0 Å². The first kappa shape index (κ1) is 13.5. The molecular formula is C13H19NO3. The van der Waals surface area contributed by atoms with Gasteiger partial charge in [-0.25, -0.2) is 0 Å². The normalized spacial score (nSPS) is 10.3. The molecule has 1 amide bonds. The molecule has 4 heteroatoms. The molecule has 0 fully saturated rings. The molecule has 0 aliphatic heterocycles. The highest BCUT2D eigenvalue weighted by Crippen LogP contribution is 2.21. The van der Waals surface area contributed by atoms with Crippen molar-refractivity contribution < 1.29 is 14.6 Å². The van der Waals surface area contributed by atoms with Gasteiger partial charge in [0.05, 0.1) is 6.61 Å². The maximum Gasteiger partial charge on any atom is 0.249 e. The number of aryl methyl sites for hydroxylation is 2. The van der Waals surface area contributed by atoms with Crippen molar-refractivity contribution in [3.05, 3.63) is 28.8 Å². The second kappa shape index (κ2) is 6.25. The summed E-state index contributed by atoms with van der Waals surface area (Å²) in [7, 11) is 0. The van der Waals surface area contributed by atoms with Crippen LogP contribution in [0.15, 0.2) is 12.1 Å². The first-order valence-electron chi connectivity index (χ1n) is 5.71. The summed E-state index contributed by atoms with van der Waals surface area (Å²) in [4.78, 5) is 11.2. The van der Waals surface area contributed by atoms with Gasteiger partial charge in [-0.15, -0.1) is 0 Å². The average molecular weight is 237 g/mol. The van der Waals surface area contributed by atoms with Crippen molar-refractivity contribution in [1.82, 2.24) is 0 Å². The first-order chi connectivity index (χ1) is 8.06. The van der Waals surface area contributed by atoms with Gasteiger partial charge >= 0.3 is 0 Å². The Morgan fingerprint density at radius 2 is 1.88 bits per heavy atom. The number of carbonyl (C=O) groups is 1. The van der Waals surface area contributed by atoms with Gasteiger partial charge in [0.2, 0.25) is 5.91 Å². The van der Waals surface area contributed by atoms with E-state index in [-0.39, 0.29) is 6.61 Å². The van der Waals surface area contributed by atoms with Crippen molar-refractivity contribution in [1.29, 1.82) is 0 Å². The number of unbranched alkanes of at least 4 members (excludes halogenated alkanes) is 1. The Morgan fingerprint density at radius 1 is 1.29 bits per heavy atom. The largest absolute Gasteiger partial charge is 0.494 e. The van der Waals surface area contributed by atoms with Gasteiger partial charge < -0.3 is 15.6 Å². The second-order valence-corrected chi connectivity index (χ2v) is 4.08. The Bertz CT molecular complexity index is 379. The van der Waals surface area contributed by atoms with E-state index < -0.39 is 5.91 Å². The minimum Gasteiger partial charge on any atom is -0.494 e. The number of rotatable bonds is 6. The maximum absolute atomic E-state index is 11.2. The fourth-order valence-electron chi connectivity index (χ4n) is 1.80. The van der Waals surface area contributed by atoms with Crippen LogP contribution in [0, 0.1) is 13.8 Å². The minimum atomic E-state index is -0.410. The summed E-state index contributed by atoms with van der Waals surface area (Å²) in [6.45, 7) is 4.43. The van der Waals surface area contributed by atoms with Gasteiger partial charge in [-0.3, -0.25) is 4.79 Å². The third-order valence-corrected chi connectivity index (χ3v) is 2.57. The number of hydrogen-bond donors (Lipinski definition) is 2. The summed E-state index contributed by atoms with van der Waals surface area (Å²) in [6, 6.07) is 3.62. The SMILES string of the molecule is Cc1cc(OCCCCO)cc(C)c1C(N)=O. The fraction of sp³-hybridized carbons (Fsp3) is 0.462. The Kier molecular flexibility index (Phi) is 4.97. The van der Waals surface area contributed by atoms with Gasteiger partial charge in [-0.2, -0.15) is 0 Å². The lowest BCUT2D eigenvalue weighted by atomic mass is 10.0. The number of hydrogen-bond acceptors (Lipinski definition) is 3. The van der Waals surface area contributed by atoms with Crippen molar-refractivity contribution in [2.24, 2.45) is 5.73 Å². The van der Waals surface area contributed by atoms with Gasteiger partial charge in [0.1, 0.15) is 5.75 Å². The van der Waals surface area contributed by atoms with E-state index in [9.17, 15) is 4.79 Å². The summed E-state index contributed by atoms with van der Waals surface area (Å²) < 4.78 is 5.54. The number of amides is 1. The van der Waals surface area contributed by atoms with Crippen LogP contribution < -0.4 is 10.5 Å². The van der Waals surface area contributed by atoms with Crippen LogP contribution in [0.4, 0.5) is 0 Å². The monoisotopic (exact) mass is 237 g/mol. The van der Waals surface area contributed by atoms with E-state index in [0.29, 0.717) is 12.2 Å². The van der Waals surface area contributed by atoms with E-state index in [1.165, 1.54) is 0 Å². The maximum atomic E-state index is 11.2. The number of ether oxygens (including phenoxy) is 1. The van der Waals surface area contributed by atoms with Crippen LogP contribution in [0.1, 0.15) is 34.3 Å². The third-order valence-electron chi connectivity index (χ3n) is 2.57. The van der Waals surface area contributed by atoms with Crippen molar-refractivity contribution in [2.75, 3.05) is 13.2 Å². The Morgan fingerprint density at radius 3 is 2.35 bits per heavy atom. The molecule has 0 saturated carbocycles. The van der Waals surface area contributed by atoms with E-state index in [1.54, 1.807) is 0 Å². The molecule has 0 bridgehead atoms. The lowest BCUT2D eigenvalue weighted by Crippen LogP contribution is -2.14. The molecule has 0 aliphatic rings. The van der Waals surface area contributed by atoms with E-state index in [0.717, 1.165) is 29.7 Å². The Balaban J connectivity index is 2.73. The predicted molar refractivity (Wildman–Crippen MR) is 66.2 cm³/mol. The molecule has 0 spiro atoms. The summed E-state index contributed by atoms with van der Waals surface area (Å²) >= 11 is 0. The molecule has 3 N–H and O–H groups in total. The fourth-order valence-corrected chi connectivity index (χ4v) is 1.80. The van der Waals surface area contributed by atoms with E-state index in [4.69, 9.17) is 15.6 Å². The van der Waals surface area contributed by atoms with E-state index in [2.05, 4.69) is 0 Å². The molecule has 4 nitrogen and oxygen atoms in total. The zero-order valence-electron chi connectivity index (χ0n) is 10.3. The summed E-state index contributed by atoms with van der Waals surface area (Å²) in [5.41, 5.74) is 7.52. The van der Waals surface area contributed by atoms with E-state index in [1.807, 2.05) is 26.0 Å². The Labute approximate surface area is 101 Å². The molecule has 1 aromatic rings. The molecular weight excluding hydrogens is 218 g/mol. The lowest BCUT2D eigenvalue weighted by molar-refractivity contribution is 0.0999.